The Morgan fingerprint density at radius 1 is 1.00 bits per heavy atom. The van der Waals surface area contributed by atoms with Gasteiger partial charge in [-0.3, -0.25) is 9.59 Å². The Morgan fingerprint density at radius 2 is 1.72 bits per heavy atom. The predicted octanol–water partition coefficient (Wildman–Crippen LogP) is 4.59. The Kier molecular flexibility index (Phi) is 6.61. The number of amides is 2. The van der Waals surface area contributed by atoms with Crippen LogP contribution in [-0.2, 0) is 11.3 Å². The molecule has 0 spiro atoms. The van der Waals surface area contributed by atoms with Gasteiger partial charge < -0.3 is 19.7 Å². The largest absolute Gasteiger partial charge is 0.454 e. The Bertz CT molecular complexity index is 1120. The summed E-state index contributed by atoms with van der Waals surface area (Å²) in [5.41, 5.74) is 2.15. The minimum absolute atomic E-state index is 0.101. The molecule has 0 fully saturated rings. The molecule has 32 heavy (non-hydrogen) atoms. The summed E-state index contributed by atoms with van der Waals surface area (Å²) in [6.45, 7) is 0.618. The molecule has 1 unspecified atom stereocenters. The molecule has 0 bridgehead atoms. The van der Waals surface area contributed by atoms with Gasteiger partial charge in [0.05, 0.1) is 23.0 Å². The highest BCUT2D eigenvalue weighted by atomic mass is 35.5. The van der Waals surface area contributed by atoms with Crippen molar-refractivity contribution in [2.45, 2.75) is 19.0 Å². The van der Waals surface area contributed by atoms with Crippen LogP contribution in [-0.4, -0.2) is 30.6 Å². The zero-order valence-electron chi connectivity index (χ0n) is 17.6. The molecule has 0 radical (unpaired) electrons. The Labute approximate surface area is 191 Å². The van der Waals surface area contributed by atoms with Crippen LogP contribution in [0.25, 0.3) is 0 Å². The van der Waals surface area contributed by atoms with Crippen molar-refractivity contribution in [2.24, 2.45) is 0 Å². The first-order chi connectivity index (χ1) is 15.5. The number of hydrogen-bond donors (Lipinski definition) is 1. The molecule has 1 heterocycles. The molecular formula is C25H23ClN2O4. The van der Waals surface area contributed by atoms with Gasteiger partial charge in [0, 0.05) is 13.6 Å². The summed E-state index contributed by atoms with van der Waals surface area (Å²) in [4.78, 5) is 27.5. The molecule has 1 N–H and O–H groups in total. The lowest BCUT2D eigenvalue weighted by atomic mass is 10.0. The van der Waals surface area contributed by atoms with Crippen LogP contribution in [0.3, 0.4) is 0 Å². The summed E-state index contributed by atoms with van der Waals surface area (Å²) in [6.07, 6.45) is 0.112. The topological polar surface area (TPSA) is 67.9 Å². The maximum atomic E-state index is 13.0. The van der Waals surface area contributed by atoms with Crippen molar-refractivity contribution in [2.75, 3.05) is 13.8 Å². The lowest BCUT2D eigenvalue weighted by Gasteiger charge is -2.23. The van der Waals surface area contributed by atoms with E-state index >= 15 is 0 Å². The van der Waals surface area contributed by atoms with Crippen LogP contribution in [0.15, 0.2) is 72.8 Å². The van der Waals surface area contributed by atoms with Gasteiger partial charge in [-0.15, -0.1) is 0 Å². The number of benzene rings is 3. The number of fused-ring (bicyclic) bond motifs is 1. The highest BCUT2D eigenvalue weighted by Gasteiger charge is 2.23. The Hall–Kier alpha value is -3.51. The van der Waals surface area contributed by atoms with Crippen molar-refractivity contribution in [3.05, 3.63) is 94.5 Å². The monoisotopic (exact) mass is 450 g/mol. The average molecular weight is 451 g/mol. The van der Waals surface area contributed by atoms with E-state index in [4.69, 9.17) is 21.1 Å². The van der Waals surface area contributed by atoms with Crippen molar-refractivity contribution in [3.8, 4) is 11.5 Å². The standard InChI is InChI=1S/C25H23ClN2O4/c1-28(15-17-11-12-22-23(13-17)32-16-31-22)24(29)14-21(18-7-3-2-4-8-18)27-25(30)19-9-5-6-10-20(19)26/h2-13,21H,14-16H2,1H3,(H,27,30). The van der Waals surface area contributed by atoms with Crippen molar-refractivity contribution < 1.29 is 19.1 Å². The van der Waals surface area contributed by atoms with Crippen LogP contribution < -0.4 is 14.8 Å². The molecular weight excluding hydrogens is 428 g/mol. The molecule has 0 saturated heterocycles. The molecule has 4 rings (SSSR count). The van der Waals surface area contributed by atoms with E-state index in [1.165, 1.54) is 0 Å². The first-order valence-electron chi connectivity index (χ1n) is 10.2. The van der Waals surface area contributed by atoms with Crippen molar-refractivity contribution in [1.29, 1.82) is 0 Å². The quantitative estimate of drug-likeness (QED) is 0.571. The fourth-order valence-electron chi connectivity index (χ4n) is 3.55. The summed E-state index contributed by atoms with van der Waals surface area (Å²) in [5, 5.41) is 3.33. The second kappa shape index (κ2) is 9.75. The predicted molar refractivity (Wildman–Crippen MR) is 122 cm³/mol. The maximum Gasteiger partial charge on any atom is 0.253 e. The van der Waals surface area contributed by atoms with E-state index in [-0.39, 0.29) is 25.0 Å². The minimum Gasteiger partial charge on any atom is -0.454 e. The van der Waals surface area contributed by atoms with E-state index in [1.807, 2.05) is 48.5 Å². The van der Waals surface area contributed by atoms with Gasteiger partial charge in [0.15, 0.2) is 11.5 Å². The molecule has 3 aromatic rings. The molecule has 2 amide bonds. The third-order valence-electron chi connectivity index (χ3n) is 5.29. The lowest BCUT2D eigenvalue weighted by Crippen LogP contribution is -2.34. The van der Waals surface area contributed by atoms with Crippen molar-refractivity contribution in [1.82, 2.24) is 10.2 Å². The highest BCUT2D eigenvalue weighted by Crippen LogP contribution is 2.33. The number of halogens is 1. The first-order valence-corrected chi connectivity index (χ1v) is 10.6. The number of ether oxygens (including phenoxy) is 2. The van der Waals surface area contributed by atoms with Crippen LogP contribution in [0.5, 0.6) is 11.5 Å². The second-order valence-corrected chi connectivity index (χ2v) is 7.97. The van der Waals surface area contributed by atoms with E-state index in [1.54, 1.807) is 36.2 Å². The van der Waals surface area contributed by atoms with Crippen LogP contribution in [0, 0.1) is 0 Å². The number of carbonyl (C=O) groups is 2. The minimum atomic E-state index is -0.494. The van der Waals surface area contributed by atoms with Crippen LogP contribution >= 0.6 is 11.6 Å². The molecule has 0 aromatic heterocycles. The van der Waals surface area contributed by atoms with Crippen LogP contribution in [0.2, 0.25) is 5.02 Å². The fraction of sp³-hybridized carbons (Fsp3) is 0.200. The number of rotatable bonds is 7. The molecule has 1 aliphatic rings. The van der Waals surface area contributed by atoms with Gasteiger partial charge in [-0.1, -0.05) is 60.1 Å². The van der Waals surface area contributed by atoms with Gasteiger partial charge in [-0.25, -0.2) is 0 Å². The van der Waals surface area contributed by atoms with Gasteiger partial charge in [0.1, 0.15) is 0 Å². The summed E-state index contributed by atoms with van der Waals surface area (Å²) < 4.78 is 10.8. The normalized spacial score (nSPS) is 12.8. The smallest absolute Gasteiger partial charge is 0.253 e. The lowest BCUT2D eigenvalue weighted by molar-refractivity contribution is -0.130. The van der Waals surface area contributed by atoms with Crippen LogP contribution in [0.1, 0.15) is 33.9 Å². The molecule has 0 aliphatic carbocycles. The third-order valence-corrected chi connectivity index (χ3v) is 5.62. The van der Waals surface area contributed by atoms with Gasteiger partial charge in [0.2, 0.25) is 12.7 Å². The van der Waals surface area contributed by atoms with Gasteiger partial charge in [-0.05, 0) is 35.4 Å². The zero-order chi connectivity index (χ0) is 22.5. The van der Waals surface area contributed by atoms with E-state index in [0.29, 0.717) is 28.6 Å². The van der Waals surface area contributed by atoms with E-state index < -0.39 is 6.04 Å². The van der Waals surface area contributed by atoms with Crippen molar-refractivity contribution >= 4 is 23.4 Å². The summed E-state index contributed by atoms with van der Waals surface area (Å²) in [5.74, 6) is 0.957. The zero-order valence-corrected chi connectivity index (χ0v) is 18.3. The fourth-order valence-corrected chi connectivity index (χ4v) is 3.77. The number of carbonyl (C=O) groups excluding carboxylic acids is 2. The third kappa shape index (κ3) is 5.03. The molecule has 3 aromatic carbocycles. The van der Waals surface area contributed by atoms with Crippen molar-refractivity contribution in [3.63, 3.8) is 0 Å². The maximum absolute atomic E-state index is 13.0. The molecule has 7 heteroatoms. The molecule has 1 atom stereocenters. The highest BCUT2D eigenvalue weighted by molar-refractivity contribution is 6.33. The summed E-state index contributed by atoms with van der Waals surface area (Å²) >= 11 is 6.18. The van der Waals surface area contributed by atoms with E-state index in [2.05, 4.69) is 5.32 Å². The Morgan fingerprint density at radius 3 is 2.50 bits per heavy atom. The number of nitrogens with one attached hydrogen (secondary N) is 1. The molecule has 1 aliphatic heterocycles. The summed E-state index contributed by atoms with van der Waals surface area (Å²) in [6, 6.07) is 21.4. The Balaban J connectivity index is 1.47. The van der Waals surface area contributed by atoms with E-state index in [0.717, 1.165) is 11.1 Å². The average Bonchev–Trinajstić information content (AvgIpc) is 3.27. The first kappa shape index (κ1) is 21.7. The van der Waals surface area contributed by atoms with Crippen LogP contribution in [0.4, 0.5) is 0 Å². The van der Waals surface area contributed by atoms with Gasteiger partial charge >= 0.3 is 0 Å². The molecule has 0 saturated carbocycles. The molecule has 164 valence electrons. The van der Waals surface area contributed by atoms with Gasteiger partial charge in [-0.2, -0.15) is 0 Å². The second-order valence-electron chi connectivity index (χ2n) is 7.56. The summed E-state index contributed by atoms with van der Waals surface area (Å²) in [7, 11) is 1.74. The number of nitrogens with zero attached hydrogens (tertiary/aromatic N) is 1. The van der Waals surface area contributed by atoms with E-state index in [9.17, 15) is 9.59 Å². The van der Waals surface area contributed by atoms with Gasteiger partial charge in [0.25, 0.3) is 5.91 Å². The SMILES string of the molecule is CN(Cc1ccc2c(c1)OCO2)C(=O)CC(NC(=O)c1ccccc1Cl)c1ccccc1. The molecule has 6 nitrogen and oxygen atoms in total. The number of hydrogen-bond acceptors (Lipinski definition) is 4.